The molecule has 0 saturated carbocycles. The van der Waals surface area contributed by atoms with Crippen LogP contribution in [0.5, 0.6) is 0 Å². The van der Waals surface area contributed by atoms with Crippen LogP contribution in [0.4, 0.5) is 0 Å². The van der Waals surface area contributed by atoms with Gasteiger partial charge < -0.3 is 5.32 Å². The first-order chi connectivity index (χ1) is 9.13. The number of hydrogen-bond acceptors (Lipinski definition) is 2. The van der Waals surface area contributed by atoms with Crippen molar-refractivity contribution >= 4 is 0 Å². The van der Waals surface area contributed by atoms with Gasteiger partial charge in [0.1, 0.15) is 0 Å². The van der Waals surface area contributed by atoms with Gasteiger partial charge in [-0.3, -0.25) is 0 Å². The maximum absolute atomic E-state index is 4.53. The average molecular weight is 257 g/mol. The third kappa shape index (κ3) is 3.04. The lowest BCUT2D eigenvalue weighted by Crippen LogP contribution is -2.14. The Labute approximate surface area is 115 Å². The number of rotatable bonds is 5. The average Bonchev–Trinajstić information content (AvgIpc) is 2.72. The molecule has 3 heteroatoms. The van der Waals surface area contributed by atoms with Gasteiger partial charge in [0.2, 0.25) is 0 Å². The number of aromatic nitrogens is 2. The normalized spacial score (nSPS) is 10.9. The van der Waals surface area contributed by atoms with E-state index in [2.05, 4.69) is 56.3 Å². The van der Waals surface area contributed by atoms with Crippen LogP contribution in [0.3, 0.4) is 0 Å². The van der Waals surface area contributed by atoms with Crippen molar-refractivity contribution in [2.45, 2.75) is 40.7 Å². The van der Waals surface area contributed by atoms with Crippen LogP contribution in [-0.4, -0.2) is 16.3 Å². The SMILES string of the molecule is CCCNCc1cnn(-c2ccc(C)cc2C)c1C. The summed E-state index contributed by atoms with van der Waals surface area (Å²) in [6.07, 6.45) is 3.13. The van der Waals surface area contributed by atoms with Gasteiger partial charge in [-0.15, -0.1) is 0 Å². The highest BCUT2D eigenvalue weighted by molar-refractivity contribution is 5.43. The molecule has 1 heterocycles. The zero-order chi connectivity index (χ0) is 13.8. The molecular weight excluding hydrogens is 234 g/mol. The van der Waals surface area contributed by atoms with Crippen molar-refractivity contribution in [3.05, 3.63) is 46.8 Å². The fourth-order valence-electron chi connectivity index (χ4n) is 2.30. The summed E-state index contributed by atoms with van der Waals surface area (Å²) in [7, 11) is 0. The van der Waals surface area contributed by atoms with Crippen molar-refractivity contribution < 1.29 is 0 Å². The molecule has 0 bridgehead atoms. The fourth-order valence-corrected chi connectivity index (χ4v) is 2.30. The molecule has 2 aromatic rings. The Morgan fingerprint density at radius 2 is 2.00 bits per heavy atom. The van der Waals surface area contributed by atoms with E-state index in [1.54, 1.807) is 0 Å². The Bertz CT molecular complexity index is 555. The Hall–Kier alpha value is -1.61. The van der Waals surface area contributed by atoms with Crippen molar-refractivity contribution in [1.29, 1.82) is 0 Å². The van der Waals surface area contributed by atoms with Crippen molar-refractivity contribution in [3.8, 4) is 5.69 Å². The van der Waals surface area contributed by atoms with Crippen LogP contribution in [0.15, 0.2) is 24.4 Å². The summed E-state index contributed by atoms with van der Waals surface area (Å²) >= 11 is 0. The molecule has 0 saturated heterocycles. The lowest BCUT2D eigenvalue weighted by molar-refractivity contribution is 0.672. The maximum Gasteiger partial charge on any atom is 0.0678 e. The van der Waals surface area contributed by atoms with Crippen molar-refractivity contribution in [3.63, 3.8) is 0 Å². The molecule has 0 atom stereocenters. The van der Waals surface area contributed by atoms with E-state index in [9.17, 15) is 0 Å². The second-order valence-electron chi connectivity index (χ2n) is 5.13. The molecular formula is C16H23N3. The van der Waals surface area contributed by atoms with E-state index in [1.165, 1.54) is 28.1 Å². The molecule has 0 aliphatic carbocycles. The summed E-state index contributed by atoms with van der Waals surface area (Å²) in [6, 6.07) is 6.48. The van der Waals surface area contributed by atoms with E-state index < -0.39 is 0 Å². The lowest BCUT2D eigenvalue weighted by Gasteiger charge is -2.10. The van der Waals surface area contributed by atoms with Gasteiger partial charge in [-0.25, -0.2) is 4.68 Å². The third-order valence-corrected chi connectivity index (χ3v) is 3.43. The molecule has 0 fully saturated rings. The molecule has 19 heavy (non-hydrogen) atoms. The Kier molecular flexibility index (Phi) is 4.38. The van der Waals surface area contributed by atoms with Crippen molar-refractivity contribution in [1.82, 2.24) is 15.1 Å². The molecule has 1 aromatic heterocycles. The summed E-state index contributed by atoms with van der Waals surface area (Å²) in [5.74, 6) is 0. The number of hydrogen-bond donors (Lipinski definition) is 1. The van der Waals surface area contributed by atoms with Gasteiger partial charge in [-0.1, -0.05) is 24.6 Å². The van der Waals surface area contributed by atoms with E-state index in [4.69, 9.17) is 0 Å². The van der Waals surface area contributed by atoms with Crippen LogP contribution < -0.4 is 5.32 Å². The van der Waals surface area contributed by atoms with Gasteiger partial charge >= 0.3 is 0 Å². The van der Waals surface area contributed by atoms with E-state index >= 15 is 0 Å². The number of aryl methyl sites for hydroxylation is 2. The number of nitrogens with zero attached hydrogens (tertiary/aromatic N) is 2. The number of benzene rings is 1. The van der Waals surface area contributed by atoms with E-state index in [0.29, 0.717) is 0 Å². The summed E-state index contributed by atoms with van der Waals surface area (Å²) in [5, 5.41) is 7.96. The Morgan fingerprint density at radius 3 is 2.68 bits per heavy atom. The molecule has 0 radical (unpaired) electrons. The summed E-state index contributed by atoms with van der Waals surface area (Å²) in [4.78, 5) is 0. The highest BCUT2D eigenvalue weighted by atomic mass is 15.3. The predicted octanol–water partition coefficient (Wildman–Crippen LogP) is 3.30. The van der Waals surface area contributed by atoms with Gasteiger partial charge in [0.15, 0.2) is 0 Å². The molecule has 2 rings (SSSR count). The van der Waals surface area contributed by atoms with Gasteiger partial charge in [0.05, 0.1) is 11.9 Å². The minimum atomic E-state index is 0.893. The third-order valence-electron chi connectivity index (χ3n) is 3.43. The first-order valence-corrected chi connectivity index (χ1v) is 6.95. The molecule has 0 aliphatic heterocycles. The van der Waals surface area contributed by atoms with Gasteiger partial charge in [-0.05, 0) is 45.4 Å². The van der Waals surface area contributed by atoms with Crippen LogP contribution in [0, 0.1) is 20.8 Å². The van der Waals surface area contributed by atoms with Crippen LogP contribution in [0.1, 0.15) is 35.7 Å². The molecule has 1 N–H and O–H groups in total. The van der Waals surface area contributed by atoms with Gasteiger partial charge in [-0.2, -0.15) is 5.10 Å². The summed E-state index contributed by atoms with van der Waals surface area (Å²) in [6.45, 7) is 10.5. The van der Waals surface area contributed by atoms with Crippen molar-refractivity contribution in [2.75, 3.05) is 6.54 Å². The molecule has 102 valence electrons. The molecule has 0 unspecified atom stereocenters. The number of nitrogens with one attached hydrogen (secondary N) is 1. The smallest absolute Gasteiger partial charge is 0.0678 e. The Morgan fingerprint density at radius 1 is 1.21 bits per heavy atom. The first-order valence-electron chi connectivity index (χ1n) is 6.95. The minimum absolute atomic E-state index is 0.893. The Balaban J connectivity index is 2.26. The molecule has 0 amide bonds. The quantitative estimate of drug-likeness (QED) is 0.833. The van der Waals surface area contributed by atoms with Gasteiger partial charge in [0, 0.05) is 17.8 Å². The zero-order valence-corrected chi connectivity index (χ0v) is 12.3. The van der Waals surface area contributed by atoms with E-state index in [1.807, 2.05) is 10.9 Å². The molecule has 0 aliphatic rings. The lowest BCUT2D eigenvalue weighted by atomic mass is 10.1. The zero-order valence-electron chi connectivity index (χ0n) is 12.3. The van der Waals surface area contributed by atoms with E-state index in [0.717, 1.165) is 19.5 Å². The maximum atomic E-state index is 4.53. The monoisotopic (exact) mass is 257 g/mol. The van der Waals surface area contributed by atoms with Crippen LogP contribution >= 0.6 is 0 Å². The largest absolute Gasteiger partial charge is 0.313 e. The second-order valence-corrected chi connectivity index (χ2v) is 5.13. The van der Waals surface area contributed by atoms with Crippen LogP contribution in [0.2, 0.25) is 0 Å². The molecule has 0 spiro atoms. The van der Waals surface area contributed by atoms with Gasteiger partial charge in [0.25, 0.3) is 0 Å². The fraction of sp³-hybridized carbons (Fsp3) is 0.438. The predicted molar refractivity (Wildman–Crippen MR) is 79.8 cm³/mol. The van der Waals surface area contributed by atoms with E-state index in [-0.39, 0.29) is 0 Å². The summed E-state index contributed by atoms with van der Waals surface area (Å²) < 4.78 is 2.04. The highest BCUT2D eigenvalue weighted by Gasteiger charge is 2.09. The second kappa shape index (κ2) is 6.02. The van der Waals surface area contributed by atoms with Crippen LogP contribution in [0.25, 0.3) is 5.69 Å². The topological polar surface area (TPSA) is 29.9 Å². The van der Waals surface area contributed by atoms with Crippen molar-refractivity contribution in [2.24, 2.45) is 0 Å². The molecule has 1 aromatic carbocycles. The molecule has 3 nitrogen and oxygen atoms in total. The standard InChI is InChI=1S/C16H23N3/c1-5-8-17-10-15-11-18-19(14(15)4)16-7-6-12(2)9-13(16)3/h6-7,9,11,17H,5,8,10H2,1-4H3. The van der Waals surface area contributed by atoms with Crippen LogP contribution in [-0.2, 0) is 6.54 Å². The summed E-state index contributed by atoms with van der Waals surface area (Å²) in [5.41, 5.74) is 6.21. The first kappa shape index (κ1) is 13.8. The minimum Gasteiger partial charge on any atom is -0.313 e. The highest BCUT2D eigenvalue weighted by Crippen LogP contribution is 2.18.